The summed E-state index contributed by atoms with van der Waals surface area (Å²) in [7, 11) is 0. The van der Waals surface area contributed by atoms with Gasteiger partial charge in [-0.3, -0.25) is 4.90 Å². The van der Waals surface area contributed by atoms with E-state index in [9.17, 15) is 0 Å². The molecule has 2 heterocycles. The Morgan fingerprint density at radius 1 is 1.23 bits per heavy atom. The Hall–Kier alpha value is -1.92. The fourth-order valence-corrected chi connectivity index (χ4v) is 4.42. The lowest BCUT2D eigenvalue weighted by atomic mass is 9.84. The molecule has 1 saturated carbocycles. The second-order valence-electron chi connectivity index (χ2n) is 7.72. The average molecular weight is 355 g/mol. The molecule has 26 heavy (non-hydrogen) atoms. The van der Waals surface area contributed by atoms with E-state index in [1.54, 1.807) is 6.33 Å². The fourth-order valence-electron chi connectivity index (χ4n) is 4.42. The first kappa shape index (κ1) is 17.5. The molecule has 4 rings (SSSR count). The number of nitrogens with zero attached hydrogens (tertiary/aromatic N) is 3. The molecule has 0 amide bonds. The van der Waals surface area contributed by atoms with Gasteiger partial charge in [0.2, 0.25) is 0 Å². The summed E-state index contributed by atoms with van der Waals surface area (Å²) >= 11 is 0. The quantitative estimate of drug-likeness (QED) is 0.821. The van der Waals surface area contributed by atoms with Gasteiger partial charge in [-0.2, -0.15) is 0 Å². The SMILES string of the molecule is C[C@@H]1COCCN1C1CCC(CNc2ncnc3ccc(N)cc23)CC1. The van der Waals surface area contributed by atoms with Crippen LogP contribution in [-0.2, 0) is 4.74 Å². The number of benzene rings is 1. The predicted octanol–water partition coefficient (Wildman–Crippen LogP) is 2.90. The van der Waals surface area contributed by atoms with Crippen LogP contribution in [-0.4, -0.2) is 53.3 Å². The van der Waals surface area contributed by atoms with Crippen LogP contribution in [0, 0.1) is 5.92 Å². The van der Waals surface area contributed by atoms with Crippen molar-refractivity contribution in [1.82, 2.24) is 14.9 Å². The first-order valence-corrected chi connectivity index (χ1v) is 9.78. The molecular weight excluding hydrogens is 326 g/mol. The minimum Gasteiger partial charge on any atom is -0.399 e. The van der Waals surface area contributed by atoms with Crippen LogP contribution >= 0.6 is 0 Å². The van der Waals surface area contributed by atoms with Gasteiger partial charge in [0.25, 0.3) is 0 Å². The highest BCUT2D eigenvalue weighted by molar-refractivity contribution is 5.91. The Kier molecular flexibility index (Phi) is 5.22. The van der Waals surface area contributed by atoms with Crippen molar-refractivity contribution in [2.24, 2.45) is 5.92 Å². The second kappa shape index (κ2) is 7.76. The molecule has 3 N–H and O–H groups in total. The van der Waals surface area contributed by atoms with Crippen LogP contribution in [0.25, 0.3) is 10.9 Å². The summed E-state index contributed by atoms with van der Waals surface area (Å²) in [5, 5.41) is 4.55. The topological polar surface area (TPSA) is 76.3 Å². The molecule has 1 aromatic carbocycles. The molecule has 6 nitrogen and oxygen atoms in total. The zero-order valence-electron chi connectivity index (χ0n) is 15.5. The highest BCUT2D eigenvalue weighted by Gasteiger charge is 2.30. The first-order valence-electron chi connectivity index (χ1n) is 9.78. The molecule has 2 aliphatic rings. The van der Waals surface area contributed by atoms with Gasteiger partial charge in [-0.15, -0.1) is 0 Å². The Morgan fingerprint density at radius 2 is 2.08 bits per heavy atom. The predicted molar refractivity (Wildman–Crippen MR) is 105 cm³/mol. The number of nitrogens with one attached hydrogen (secondary N) is 1. The van der Waals surface area contributed by atoms with Gasteiger partial charge in [-0.25, -0.2) is 9.97 Å². The van der Waals surface area contributed by atoms with Crippen molar-refractivity contribution in [3.05, 3.63) is 24.5 Å². The maximum atomic E-state index is 5.93. The number of aromatic nitrogens is 2. The Morgan fingerprint density at radius 3 is 2.88 bits per heavy atom. The number of nitrogens with two attached hydrogens (primary N) is 1. The molecule has 1 aromatic heterocycles. The van der Waals surface area contributed by atoms with Gasteiger partial charge in [0.15, 0.2) is 0 Å². The van der Waals surface area contributed by atoms with Crippen molar-refractivity contribution in [2.45, 2.75) is 44.7 Å². The van der Waals surface area contributed by atoms with Gasteiger partial charge in [0.05, 0.1) is 18.7 Å². The van der Waals surface area contributed by atoms with Gasteiger partial charge in [0, 0.05) is 36.2 Å². The zero-order chi connectivity index (χ0) is 17.9. The van der Waals surface area contributed by atoms with Crippen molar-refractivity contribution in [3.8, 4) is 0 Å². The van der Waals surface area contributed by atoms with E-state index in [1.165, 1.54) is 25.7 Å². The number of hydrogen-bond donors (Lipinski definition) is 2. The standard InChI is InChI=1S/C20H29N5O/c1-14-12-26-9-8-25(14)17-5-2-15(3-6-17)11-22-20-18-10-16(21)4-7-19(18)23-13-24-20/h4,7,10,13-15,17H,2-3,5-6,8-9,11-12,21H2,1H3,(H,22,23,24)/t14-,15?,17?/m1/s1. The van der Waals surface area contributed by atoms with Crippen LogP contribution in [0.5, 0.6) is 0 Å². The van der Waals surface area contributed by atoms with E-state index < -0.39 is 0 Å². The maximum absolute atomic E-state index is 5.93. The summed E-state index contributed by atoms with van der Waals surface area (Å²) in [5.74, 6) is 1.60. The van der Waals surface area contributed by atoms with E-state index in [0.717, 1.165) is 54.8 Å². The third kappa shape index (κ3) is 3.76. The normalized spacial score (nSPS) is 27.5. The molecule has 1 aliphatic carbocycles. The lowest BCUT2D eigenvalue weighted by molar-refractivity contribution is -0.0317. The minimum absolute atomic E-state index is 0.557. The number of ether oxygens (including phenoxy) is 1. The van der Waals surface area contributed by atoms with E-state index in [2.05, 4.69) is 27.1 Å². The molecular formula is C20H29N5O. The molecule has 1 atom stereocenters. The monoisotopic (exact) mass is 355 g/mol. The lowest BCUT2D eigenvalue weighted by Gasteiger charge is -2.42. The third-order valence-electron chi connectivity index (χ3n) is 5.92. The lowest BCUT2D eigenvalue weighted by Crippen LogP contribution is -2.50. The molecule has 0 bridgehead atoms. The largest absolute Gasteiger partial charge is 0.399 e. The van der Waals surface area contributed by atoms with Crippen LogP contribution in [0.2, 0.25) is 0 Å². The Labute approximate surface area is 155 Å². The third-order valence-corrected chi connectivity index (χ3v) is 5.92. The summed E-state index contributed by atoms with van der Waals surface area (Å²) in [6, 6.07) is 7.07. The molecule has 0 radical (unpaired) electrons. The van der Waals surface area contributed by atoms with Crippen molar-refractivity contribution < 1.29 is 4.74 Å². The summed E-state index contributed by atoms with van der Waals surface area (Å²) in [5.41, 5.74) is 7.61. The molecule has 1 saturated heterocycles. The van der Waals surface area contributed by atoms with Gasteiger partial charge >= 0.3 is 0 Å². The van der Waals surface area contributed by atoms with Gasteiger partial charge in [-0.05, 0) is 56.7 Å². The van der Waals surface area contributed by atoms with Crippen molar-refractivity contribution >= 4 is 22.4 Å². The summed E-state index contributed by atoms with van der Waals surface area (Å²) < 4.78 is 5.58. The minimum atomic E-state index is 0.557. The summed E-state index contributed by atoms with van der Waals surface area (Å²) in [6.45, 7) is 6.11. The van der Waals surface area contributed by atoms with Crippen LogP contribution in [0.4, 0.5) is 11.5 Å². The van der Waals surface area contributed by atoms with Crippen LogP contribution in [0.1, 0.15) is 32.6 Å². The van der Waals surface area contributed by atoms with Crippen LogP contribution in [0.3, 0.4) is 0 Å². The molecule has 2 aromatic rings. The van der Waals surface area contributed by atoms with Gasteiger partial charge in [0.1, 0.15) is 12.1 Å². The highest BCUT2D eigenvalue weighted by Crippen LogP contribution is 2.30. The van der Waals surface area contributed by atoms with E-state index in [1.807, 2.05) is 18.2 Å². The van der Waals surface area contributed by atoms with E-state index in [4.69, 9.17) is 10.5 Å². The van der Waals surface area contributed by atoms with E-state index >= 15 is 0 Å². The number of anilines is 2. The number of hydrogen-bond acceptors (Lipinski definition) is 6. The van der Waals surface area contributed by atoms with Crippen LogP contribution < -0.4 is 11.1 Å². The Bertz CT molecular complexity index is 744. The summed E-state index contributed by atoms with van der Waals surface area (Å²) in [6.07, 6.45) is 6.74. The number of nitrogen functional groups attached to an aromatic ring is 1. The molecule has 2 fully saturated rings. The highest BCUT2D eigenvalue weighted by atomic mass is 16.5. The van der Waals surface area contributed by atoms with E-state index in [-0.39, 0.29) is 0 Å². The molecule has 0 spiro atoms. The molecule has 0 unspecified atom stereocenters. The summed E-state index contributed by atoms with van der Waals surface area (Å²) in [4.78, 5) is 11.4. The second-order valence-corrected chi connectivity index (χ2v) is 7.72. The van der Waals surface area contributed by atoms with Crippen molar-refractivity contribution in [2.75, 3.05) is 37.4 Å². The number of morpholine rings is 1. The van der Waals surface area contributed by atoms with Gasteiger partial charge < -0.3 is 15.8 Å². The molecule has 6 heteroatoms. The fraction of sp³-hybridized carbons (Fsp3) is 0.600. The van der Waals surface area contributed by atoms with E-state index in [0.29, 0.717) is 12.0 Å². The molecule has 1 aliphatic heterocycles. The average Bonchev–Trinajstić information content (AvgIpc) is 2.67. The number of rotatable bonds is 4. The van der Waals surface area contributed by atoms with Gasteiger partial charge in [-0.1, -0.05) is 0 Å². The number of fused-ring (bicyclic) bond motifs is 1. The maximum Gasteiger partial charge on any atom is 0.137 e. The Balaban J connectivity index is 1.33. The van der Waals surface area contributed by atoms with Crippen LogP contribution in [0.15, 0.2) is 24.5 Å². The zero-order valence-corrected chi connectivity index (χ0v) is 15.5. The molecule has 140 valence electrons. The smallest absolute Gasteiger partial charge is 0.137 e. The van der Waals surface area contributed by atoms with Crippen molar-refractivity contribution in [1.29, 1.82) is 0 Å². The van der Waals surface area contributed by atoms with Crippen molar-refractivity contribution in [3.63, 3.8) is 0 Å². The first-order chi connectivity index (χ1) is 12.7.